The molecule has 0 aliphatic carbocycles. The first kappa shape index (κ1) is 35.2. The number of oxime groups is 1. The summed E-state index contributed by atoms with van der Waals surface area (Å²) in [5.74, 6) is -3.17. The maximum atomic E-state index is 13.2. The predicted molar refractivity (Wildman–Crippen MR) is 165 cm³/mol. The second-order valence-electron chi connectivity index (χ2n) is 10.9. The summed E-state index contributed by atoms with van der Waals surface area (Å²) in [6, 6.07) is 9.65. The van der Waals surface area contributed by atoms with Crippen LogP contribution in [0, 0.1) is 0 Å². The molecule has 0 saturated carbocycles. The first-order valence-corrected chi connectivity index (χ1v) is 16.2. The van der Waals surface area contributed by atoms with E-state index in [1.54, 1.807) is 12.1 Å². The molecule has 3 aromatic rings. The van der Waals surface area contributed by atoms with Gasteiger partial charge in [0.05, 0.1) is 5.54 Å². The second kappa shape index (κ2) is 14.4. The summed E-state index contributed by atoms with van der Waals surface area (Å²) in [5.41, 5.74) is 12.2. The van der Waals surface area contributed by atoms with Crippen molar-refractivity contribution in [3.8, 4) is 16.9 Å². The average molecular weight is 692 g/mol. The van der Waals surface area contributed by atoms with Gasteiger partial charge in [-0.2, -0.15) is 9.35 Å². The number of carbonyl (C=O) groups excluding carboxylic acids is 2. The molecule has 0 radical (unpaired) electrons. The molecule has 17 nitrogen and oxygen atoms in total. The number of anilines is 1. The number of carboxylic acid groups (broad SMARTS) is 1. The van der Waals surface area contributed by atoms with Crippen molar-refractivity contribution < 1.29 is 50.9 Å². The number of nitrogens with two attached hydrogens (primary N) is 2. The molecule has 2 atom stereocenters. The topological polar surface area (TPSA) is 253 Å². The number of hydrogen-bond acceptors (Lipinski definition) is 14. The summed E-state index contributed by atoms with van der Waals surface area (Å²) >= 11 is 0.955. The Morgan fingerprint density at radius 1 is 1.23 bits per heavy atom. The monoisotopic (exact) mass is 691 g/mol. The van der Waals surface area contributed by atoms with Crippen molar-refractivity contribution in [3.05, 3.63) is 59.4 Å². The van der Waals surface area contributed by atoms with Crippen LogP contribution in [0.15, 0.2) is 53.1 Å². The molecule has 6 N–H and O–H groups in total. The molecule has 1 aliphatic rings. The molecule has 47 heavy (non-hydrogen) atoms. The molecule has 1 fully saturated rings. The Morgan fingerprint density at radius 2 is 1.91 bits per heavy atom. The minimum absolute atomic E-state index is 0.0543. The number of ether oxygens (including phenoxy) is 1. The lowest BCUT2D eigenvalue weighted by Gasteiger charge is -2.51. The number of aliphatic carboxylic acids is 1. The Morgan fingerprint density at radius 3 is 2.47 bits per heavy atom. The molecule has 1 unspecified atom stereocenters. The maximum Gasteiger partial charge on any atom is 0.351 e. The van der Waals surface area contributed by atoms with Gasteiger partial charge in [0, 0.05) is 23.4 Å². The molecule has 1 aliphatic heterocycles. The van der Waals surface area contributed by atoms with Crippen LogP contribution in [0.4, 0.5) is 5.13 Å². The SMILES string of the molecule is C[n+]1cc(-c2ccc(OCC(O/N=C(\C(=O)N[C@@H]3C(=O)N(OS(=O)(=O)[O-])C3(C)C)c3csc(N)n3)C(=O)O)cc2)ccc1CCCN. The lowest BCUT2D eigenvalue weighted by molar-refractivity contribution is -0.678. The summed E-state index contributed by atoms with van der Waals surface area (Å²) in [6.45, 7) is 2.79. The van der Waals surface area contributed by atoms with Crippen LogP contribution in [-0.2, 0) is 47.4 Å². The van der Waals surface area contributed by atoms with Gasteiger partial charge in [-0.25, -0.2) is 22.8 Å². The number of hydroxylamine groups is 2. The van der Waals surface area contributed by atoms with E-state index >= 15 is 0 Å². The highest BCUT2D eigenvalue weighted by Crippen LogP contribution is 2.33. The highest BCUT2D eigenvalue weighted by Gasteiger charge is 2.57. The van der Waals surface area contributed by atoms with E-state index in [2.05, 4.69) is 19.7 Å². The van der Waals surface area contributed by atoms with Crippen molar-refractivity contribution in [3.63, 3.8) is 0 Å². The first-order chi connectivity index (χ1) is 22.1. The lowest BCUT2D eigenvalue weighted by Crippen LogP contribution is -2.76. The van der Waals surface area contributed by atoms with Crippen LogP contribution in [0.1, 0.15) is 31.7 Å². The third kappa shape index (κ3) is 8.57. The van der Waals surface area contributed by atoms with Gasteiger partial charge >= 0.3 is 5.97 Å². The Labute approximate surface area is 273 Å². The number of nitrogen functional groups attached to an aromatic ring is 1. The minimum atomic E-state index is -5.26. The summed E-state index contributed by atoms with van der Waals surface area (Å²) < 4.78 is 44.8. The maximum absolute atomic E-state index is 13.2. The third-order valence-corrected chi connectivity index (χ3v) is 8.12. The molecule has 0 bridgehead atoms. The number of amides is 2. The number of aromatic nitrogens is 2. The number of aryl methyl sites for hydroxylation is 2. The molecule has 252 valence electrons. The van der Waals surface area contributed by atoms with Crippen molar-refractivity contribution in [1.82, 2.24) is 15.4 Å². The van der Waals surface area contributed by atoms with Gasteiger partial charge in [-0.15, -0.1) is 11.3 Å². The molecular weight excluding hydrogens is 658 g/mol. The van der Waals surface area contributed by atoms with Crippen molar-refractivity contribution in [2.45, 2.75) is 44.4 Å². The smallest absolute Gasteiger partial charge is 0.351 e. The fourth-order valence-electron chi connectivity index (χ4n) is 4.55. The first-order valence-electron chi connectivity index (χ1n) is 14.0. The highest BCUT2D eigenvalue weighted by molar-refractivity contribution is 7.80. The molecular formula is C28H33N7O10S2. The van der Waals surface area contributed by atoms with E-state index in [0.717, 1.165) is 41.0 Å². The van der Waals surface area contributed by atoms with Crippen LogP contribution in [0.2, 0.25) is 0 Å². The number of nitrogens with zero attached hydrogens (tertiary/aromatic N) is 4. The molecule has 0 spiro atoms. The highest BCUT2D eigenvalue weighted by atomic mass is 32.3. The predicted octanol–water partition coefficient (Wildman–Crippen LogP) is -0.142. The number of carboxylic acids is 1. The van der Waals surface area contributed by atoms with Crippen LogP contribution < -0.4 is 26.1 Å². The Balaban J connectivity index is 1.44. The number of β-lactam (4-membered cyclic amide) rings is 1. The van der Waals surface area contributed by atoms with Crippen LogP contribution in [-0.4, -0.2) is 82.5 Å². The second-order valence-corrected chi connectivity index (χ2v) is 12.7. The Hall–Kier alpha value is -4.69. The van der Waals surface area contributed by atoms with Crippen LogP contribution >= 0.6 is 11.3 Å². The largest absolute Gasteiger partial charge is 0.724 e. The molecule has 4 rings (SSSR count). The van der Waals surface area contributed by atoms with E-state index in [0.29, 0.717) is 17.4 Å². The Bertz CT molecular complexity index is 1780. The fourth-order valence-corrected chi connectivity index (χ4v) is 5.54. The van der Waals surface area contributed by atoms with Crippen molar-refractivity contribution in [1.29, 1.82) is 0 Å². The number of rotatable bonds is 15. The van der Waals surface area contributed by atoms with Crippen molar-refractivity contribution >= 4 is 50.4 Å². The summed E-state index contributed by atoms with van der Waals surface area (Å²) in [7, 11) is -3.31. The molecule has 2 amide bonds. The van der Waals surface area contributed by atoms with Gasteiger partial charge in [-0.3, -0.25) is 9.59 Å². The van der Waals surface area contributed by atoms with Gasteiger partial charge in [-0.1, -0.05) is 17.3 Å². The number of carbonyl (C=O) groups is 3. The zero-order valence-corrected chi connectivity index (χ0v) is 27.1. The van der Waals surface area contributed by atoms with E-state index in [4.69, 9.17) is 21.0 Å². The number of hydrogen-bond donors (Lipinski definition) is 4. The van der Waals surface area contributed by atoms with Crippen molar-refractivity contribution in [2.75, 3.05) is 18.9 Å². The number of benzene rings is 1. The van der Waals surface area contributed by atoms with Crippen LogP contribution in [0.5, 0.6) is 5.75 Å². The third-order valence-electron chi connectivity index (χ3n) is 7.11. The molecule has 1 aromatic carbocycles. The van der Waals surface area contributed by atoms with Gasteiger partial charge < -0.3 is 36.0 Å². The minimum Gasteiger partial charge on any atom is -0.724 e. The molecule has 2 aromatic heterocycles. The zero-order valence-electron chi connectivity index (χ0n) is 25.5. The quantitative estimate of drug-likeness (QED) is 0.0405. The Kier molecular flexibility index (Phi) is 10.8. The van der Waals surface area contributed by atoms with Gasteiger partial charge in [0.15, 0.2) is 22.7 Å². The number of thiazole rings is 1. The average Bonchev–Trinajstić information content (AvgIpc) is 3.44. The van der Waals surface area contributed by atoms with E-state index in [1.165, 1.54) is 19.2 Å². The van der Waals surface area contributed by atoms with Gasteiger partial charge in [0.1, 0.15) is 31.1 Å². The number of pyridine rings is 1. The summed E-state index contributed by atoms with van der Waals surface area (Å²) in [5, 5.41) is 17.5. The van der Waals surface area contributed by atoms with E-state index in [9.17, 15) is 32.5 Å². The van der Waals surface area contributed by atoms with Gasteiger partial charge in [0.25, 0.3) is 17.9 Å². The summed E-state index contributed by atoms with van der Waals surface area (Å²) in [4.78, 5) is 46.8. The zero-order chi connectivity index (χ0) is 34.5. The lowest BCUT2D eigenvalue weighted by atomic mass is 9.84. The van der Waals surface area contributed by atoms with Crippen LogP contribution in [0.3, 0.4) is 0 Å². The molecule has 1 saturated heterocycles. The molecule has 19 heteroatoms. The number of nitrogens with one attached hydrogen (secondary N) is 1. The summed E-state index contributed by atoms with van der Waals surface area (Å²) in [6.07, 6.45) is 2.07. The van der Waals surface area contributed by atoms with Crippen LogP contribution in [0.25, 0.3) is 11.1 Å². The standard InChI is InChI=1S/C28H33N7O10S2/c1-28(2)23(25(37)35(28)45-47(40,41)42)32-24(36)22(20-15-46-27(30)31-20)33-44-21(26(38)39)14-43-19-10-7-16(8-11-19)17-6-9-18(5-4-12-29)34(3)13-17/h6-11,13,15,21,23H,4-5,12,14,29H2,1-3H3,(H4-,30,31,32,36,38,39,40,41,42)/b33-22-/t21?,23-/m1/s1. The van der Waals surface area contributed by atoms with Crippen molar-refractivity contribution in [2.24, 2.45) is 17.9 Å². The van der Waals surface area contributed by atoms with E-state index < -0.39 is 58.2 Å². The fraction of sp³-hybridized carbons (Fsp3) is 0.357. The molecule has 3 heterocycles. The van der Waals surface area contributed by atoms with Gasteiger partial charge in [-0.05, 0) is 50.6 Å². The van der Waals surface area contributed by atoms with E-state index in [-0.39, 0.29) is 10.8 Å². The van der Waals surface area contributed by atoms with E-state index in [1.807, 2.05) is 42.1 Å². The van der Waals surface area contributed by atoms with Gasteiger partial charge in [0.2, 0.25) is 10.4 Å². The normalized spacial score (nSPS) is 16.7.